The van der Waals surface area contributed by atoms with E-state index < -0.39 is 11.6 Å². The van der Waals surface area contributed by atoms with Crippen LogP contribution in [0, 0.1) is 0 Å². The Hall–Kier alpha value is -1.88. The van der Waals surface area contributed by atoms with Crippen LogP contribution in [0.5, 0.6) is 0 Å². The average Bonchev–Trinajstić information content (AvgIpc) is 2.33. The zero-order valence-electron chi connectivity index (χ0n) is 12.1. The predicted octanol–water partition coefficient (Wildman–Crippen LogP) is 1.86. The lowest BCUT2D eigenvalue weighted by molar-refractivity contribution is -0.153. The summed E-state index contributed by atoms with van der Waals surface area (Å²) in [6, 6.07) is 6.70. The summed E-state index contributed by atoms with van der Waals surface area (Å²) < 4.78 is 5.17. The van der Waals surface area contributed by atoms with Crippen LogP contribution in [0.1, 0.15) is 36.7 Å². The fourth-order valence-corrected chi connectivity index (χ4v) is 1.61. The molecule has 0 aliphatic rings. The Bertz CT molecular complexity index is 460. The monoisotopic (exact) mass is 279 g/mol. The highest BCUT2D eigenvalue weighted by atomic mass is 16.6. The Morgan fingerprint density at radius 3 is 2.30 bits per heavy atom. The number of ether oxygens (including phenoxy) is 1. The molecule has 1 rings (SSSR count). The summed E-state index contributed by atoms with van der Waals surface area (Å²) in [5, 5.41) is 11.8. The van der Waals surface area contributed by atoms with Gasteiger partial charge < -0.3 is 15.2 Å². The van der Waals surface area contributed by atoms with Gasteiger partial charge in [0.25, 0.3) is 0 Å². The first-order valence-corrected chi connectivity index (χ1v) is 6.53. The number of rotatable bonds is 6. The smallest absolute Gasteiger partial charge is 0.335 e. The molecule has 2 N–H and O–H groups in total. The third-order valence-corrected chi connectivity index (χ3v) is 2.48. The SMILES string of the molecule is CC(C)(C)OC(=O)CNCCc1ccc(C(=O)O)cc1. The summed E-state index contributed by atoms with van der Waals surface area (Å²) in [4.78, 5) is 22.1. The van der Waals surface area contributed by atoms with Crippen molar-refractivity contribution in [1.29, 1.82) is 0 Å². The number of benzene rings is 1. The highest BCUT2D eigenvalue weighted by Crippen LogP contribution is 2.06. The molecule has 1 aromatic carbocycles. The molecular weight excluding hydrogens is 258 g/mol. The Morgan fingerprint density at radius 1 is 1.20 bits per heavy atom. The molecule has 0 radical (unpaired) electrons. The van der Waals surface area contributed by atoms with E-state index in [1.54, 1.807) is 24.3 Å². The Balaban J connectivity index is 2.27. The van der Waals surface area contributed by atoms with Crippen molar-refractivity contribution in [3.05, 3.63) is 35.4 Å². The quantitative estimate of drug-likeness (QED) is 0.614. The van der Waals surface area contributed by atoms with Gasteiger partial charge in [-0.25, -0.2) is 4.79 Å². The molecule has 0 bridgehead atoms. The predicted molar refractivity (Wildman–Crippen MR) is 75.8 cm³/mol. The molecule has 5 nitrogen and oxygen atoms in total. The molecule has 5 heteroatoms. The van der Waals surface area contributed by atoms with E-state index in [1.807, 2.05) is 20.8 Å². The van der Waals surface area contributed by atoms with Gasteiger partial charge in [0.1, 0.15) is 5.60 Å². The number of hydrogen-bond acceptors (Lipinski definition) is 4. The van der Waals surface area contributed by atoms with Crippen LogP contribution in [0.15, 0.2) is 24.3 Å². The van der Waals surface area contributed by atoms with Crippen molar-refractivity contribution in [2.75, 3.05) is 13.1 Å². The number of carbonyl (C=O) groups is 2. The first kappa shape index (κ1) is 16.2. The molecule has 0 aromatic heterocycles. The molecule has 1 aromatic rings. The number of nitrogens with one attached hydrogen (secondary N) is 1. The van der Waals surface area contributed by atoms with E-state index in [-0.39, 0.29) is 18.1 Å². The highest BCUT2D eigenvalue weighted by molar-refractivity contribution is 5.87. The lowest BCUT2D eigenvalue weighted by atomic mass is 10.1. The van der Waals surface area contributed by atoms with Crippen molar-refractivity contribution in [2.45, 2.75) is 32.8 Å². The number of carbonyl (C=O) groups excluding carboxylic acids is 1. The van der Waals surface area contributed by atoms with Gasteiger partial charge in [-0.1, -0.05) is 12.1 Å². The molecular formula is C15H21NO4. The second kappa shape index (κ2) is 7.05. The highest BCUT2D eigenvalue weighted by Gasteiger charge is 2.15. The second-order valence-electron chi connectivity index (χ2n) is 5.52. The molecule has 0 saturated carbocycles. The first-order valence-electron chi connectivity index (χ1n) is 6.53. The Kier molecular flexibility index (Phi) is 5.70. The third kappa shape index (κ3) is 6.33. The second-order valence-corrected chi connectivity index (χ2v) is 5.52. The largest absolute Gasteiger partial charge is 0.478 e. The molecule has 0 spiro atoms. The number of esters is 1. The van der Waals surface area contributed by atoms with Crippen LogP contribution in [0.4, 0.5) is 0 Å². The van der Waals surface area contributed by atoms with Gasteiger partial charge in [0.05, 0.1) is 12.1 Å². The van der Waals surface area contributed by atoms with Crippen molar-refractivity contribution in [2.24, 2.45) is 0 Å². The van der Waals surface area contributed by atoms with Crippen molar-refractivity contribution in [3.8, 4) is 0 Å². The summed E-state index contributed by atoms with van der Waals surface area (Å²) in [5.74, 6) is -1.21. The summed E-state index contributed by atoms with van der Waals surface area (Å²) in [7, 11) is 0. The fourth-order valence-electron chi connectivity index (χ4n) is 1.61. The zero-order chi connectivity index (χ0) is 15.2. The van der Waals surface area contributed by atoms with Gasteiger partial charge in [0.2, 0.25) is 0 Å². The summed E-state index contributed by atoms with van der Waals surface area (Å²) in [6.07, 6.45) is 0.725. The summed E-state index contributed by atoms with van der Waals surface area (Å²) in [6.45, 7) is 6.29. The number of carboxylic acids is 1. The van der Waals surface area contributed by atoms with Crippen molar-refractivity contribution in [3.63, 3.8) is 0 Å². The van der Waals surface area contributed by atoms with E-state index in [9.17, 15) is 9.59 Å². The minimum atomic E-state index is -0.931. The van der Waals surface area contributed by atoms with Crippen LogP contribution >= 0.6 is 0 Å². The van der Waals surface area contributed by atoms with Crippen molar-refractivity contribution >= 4 is 11.9 Å². The summed E-state index contributed by atoms with van der Waals surface area (Å²) in [5.41, 5.74) is 0.827. The molecule has 0 fully saturated rings. The molecule has 0 atom stereocenters. The van der Waals surface area contributed by atoms with Crippen LogP contribution in [0.25, 0.3) is 0 Å². The van der Waals surface area contributed by atoms with Gasteiger partial charge in [0.15, 0.2) is 0 Å². The standard InChI is InChI=1S/C15H21NO4/c1-15(2,3)20-13(17)10-16-9-8-11-4-6-12(7-5-11)14(18)19/h4-7,16H,8-10H2,1-3H3,(H,18,19). The molecule has 110 valence electrons. The minimum absolute atomic E-state index is 0.171. The zero-order valence-corrected chi connectivity index (χ0v) is 12.1. The maximum atomic E-state index is 11.4. The van der Waals surface area contributed by atoms with Crippen LogP contribution < -0.4 is 5.32 Å². The molecule has 0 unspecified atom stereocenters. The normalized spacial score (nSPS) is 11.2. The van der Waals surface area contributed by atoms with Crippen LogP contribution in [0.3, 0.4) is 0 Å². The van der Waals surface area contributed by atoms with Crippen LogP contribution in [-0.4, -0.2) is 35.7 Å². The van der Waals surface area contributed by atoms with Gasteiger partial charge in [-0.2, -0.15) is 0 Å². The average molecular weight is 279 g/mol. The van der Waals surface area contributed by atoms with Gasteiger partial charge >= 0.3 is 11.9 Å². The number of carboxylic acid groups (broad SMARTS) is 1. The van der Waals surface area contributed by atoms with Crippen molar-refractivity contribution in [1.82, 2.24) is 5.32 Å². The van der Waals surface area contributed by atoms with Gasteiger partial charge in [-0.3, -0.25) is 4.79 Å². The van der Waals surface area contributed by atoms with E-state index in [2.05, 4.69) is 5.32 Å². The van der Waals surface area contributed by atoms with Crippen LogP contribution in [0.2, 0.25) is 0 Å². The fraction of sp³-hybridized carbons (Fsp3) is 0.467. The number of aromatic carboxylic acids is 1. The molecule has 0 aliphatic heterocycles. The molecule has 20 heavy (non-hydrogen) atoms. The molecule has 0 saturated heterocycles. The van der Waals surface area contributed by atoms with Crippen molar-refractivity contribution < 1.29 is 19.4 Å². The Labute approximate surface area is 118 Å². The molecule has 0 heterocycles. The van der Waals surface area contributed by atoms with Gasteiger partial charge in [0, 0.05) is 0 Å². The van der Waals surface area contributed by atoms with E-state index in [4.69, 9.17) is 9.84 Å². The summed E-state index contributed by atoms with van der Waals surface area (Å²) >= 11 is 0. The molecule has 0 amide bonds. The van der Waals surface area contributed by atoms with E-state index >= 15 is 0 Å². The lowest BCUT2D eigenvalue weighted by Crippen LogP contribution is -2.32. The first-order chi connectivity index (χ1) is 9.28. The van der Waals surface area contributed by atoms with Crippen LogP contribution in [-0.2, 0) is 16.0 Å². The molecule has 0 aliphatic carbocycles. The minimum Gasteiger partial charge on any atom is -0.478 e. The third-order valence-electron chi connectivity index (χ3n) is 2.48. The lowest BCUT2D eigenvalue weighted by Gasteiger charge is -2.19. The Morgan fingerprint density at radius 2 is 1.80 bits per heavy atom. The topological polar surface area (TPSA) is 75.6 Å². The van der Waals surface area contributed by atoms with E-state index in [1.165, 1.54) is 0 Å². The number of hydrogen-bond donors (Lipinski definition) is 2. The van der Waals surface area contributed by atoms with E-state index in [0.29, 0.717) is 6.54 Å². The van der Waals surface area contributed by atoms with Gasteiger partial charge in [-0.05, 0) is 51.4 Å². The van der Waals surface area contributed by atoms with Gasteiger partial charge in [-0.15, -0.1) is 0 Å². The van der Waals surface area contributed by atoms with E-state index in [0.717, 1.165) is 12.0 Å². The maximum absolute atomic E-state index is 11.4. The maximum Gasteiger partial charge on any atom is 0.335 e.